The molecule has 4 unspecified atom stereocenters. The van der Waals surface area contributed by atoms with E-state index in [0.717, 1.165) is 37.2 Å². The maximum absolute atomic E-state index is 10.1. The molecule has 3 heterocycles. The van der Waals surface area contributed by atoms with E-state index < -0.39 is 12.2 Å². The van der Waals surface area contributed by atoms with Crippen LogP contribution in [0.15, 0.2) is 12.4 Å². The molecule has 4 N–H and O–H groups in total. The third-order valence-electron chi connectivity index (χ3n) is 7.62. The van der Waals surface area contributed by atoms with Crippen molar-refractivity contribution >= 4 is 5.82 Å². The molecule has 160 valence electrons. The molecule has 29 heavy (non-hydrogen) atoms. The molecule has 1 aromatic rings. The third-order valence-corrected chi connectivity index (χ3v) is 7.62. The van der Waals surface area contributed by atoms with Gasteiger partial charge in [-0.25, -0.2) is 15.4 Å². The van der Waals surface area contributed by atoms with E-state index >= 15 is 0 Å². The molecule has 2 saturated carbocycles. The second-order valence-corrected chi connectivity index (χ2v) is 9.38. The molecule has 4 fully saturated rings. The Labute approximate surface area is 172 Å². The molecule has 2 saturated heterocycles. The maximum Gasteiger partial charge on any atom is 0.132 e. The number of rotatable bonds is 5. The molecule has 8 nitrogen and oxygen atoms in total. The number of fused-ring (bicyclic) bond motifs is 1. The van der Waals surface area contributed by atoms with Gasteiger partial charge in [0.1, 0.15) is 18.2 Å². The summed E-state index contributed by atoms with van der Waals surface area (Å²) in [4.78, 5) is 11.0. The molecule has 0 radical (unpaired) electrons. The standard InChI is InChI=1S/C21H33N5O3/c1-3-21(6-7-21)29-13-4-5-15-14(8-13)19(25-24-15)16-9-18(23-11-22-16)26-10-17(27)20(28)12(26)2/h9,11-15,17,19-20,24-25,27-28H,3-8,10H2,1-2H3/t12-,13?,14?,15?,17-,19?,20-/m0/s1. The molecule has 2 aliphatic carbocycles. The largest absolute Gasteiger partial charge is 0.388 e. The van der Waals surface area contributed by atoms with Gasteiger partial charge in [0.25, 0.3) is 0 Å². The summed E-state index contributed by atoms with van der Waals surface area (Å²) < 4.78 is 6.52. The van der Waals surface area contributed by atoms with Crippen LogP contribution in [0.25, 0.3) is 0 Å². The molecule has 0 bridgehead atoms. The Bertz CT molecular complexity index is 745. The van der Waals surface area contributed by atoms with E-state index in [1.807, 2.05) is 17.9 Å². The number of hydrogen-bond donors (Lipinski definition) is 4. The average Bonchev–Trinajstić information content (AvgIpc) is 3.31. The molecule has 4 aliphatic rings. The van der Waals surface area contributed by atoms with Crippen molar-refractivity contribution in [1.82, 2.24) is 20.8 Å². The first-order valence-electron chi connectivity index (χ1n) is 11.1. The molecule has 8 heteroatoms. The van der Waals surface area contributed by atoms with E-state index in [4.69, 9.17) is 4.74 Å². The Kier molecular flexibility index (Phi) is 5.03. The van der Waals surface area contributed by atoms with Gasteiger partial charge in [0.2, 0.25) is 0 Å². The van der Waals surface area contributed by atoms with Gasteiger partial charge in [-0.3, -0.25) is 5.43 Å². The van der Waals surface area contributed by atoms with Crippen molar-refractivity contribution in [3.63, 3.8) is 0 Å². The van der Waals surface area contributed by atoms with Crippen LogP contribution in [0.2, 0.25) is 0 Å². The summed E-state index contributed by atoms with van der Waals surface area (Å²) >= 11 is 0. The smallest absolute Gasteiger partial charge is 0.132 e. The van der Waals surface area contributed by atoms with Crippen LogP contribution in [0.3, 0.4) is 0 Å². The van der Waals surface area contributed by atoms with Gasteiger partial charge in [0.05, 0.1) is 35.6 Å². The van der Waals surface area contributed by atoms with Crippen LogP contribution in [0.1, 0.15) is 64.1 Å². The highest BCUT2D eigenvalue weighted by atomic mass is 16.5. The third kappa shape index (κ3) is 3.55. The van der Waals surface area contributed by atoms with Gasteiger partial charge in [-0.2, -0.15) is 0 Å². The SMILES string of the molecule is CCC1(OC2CCC3NNC(c4cc(N5C[C@H](O)[C@@H](O)[C@@H]5C)ncn4)C3C2)CC1. The molecule has 0 spiro atoms. The van der Waals surface area contributed by atoms with Crippen LogP contribution in [0.4, 0.5) is 5.82 Å². The number of aliphatic hydroxyl groups is 2. The highest BCUT2D eigenvalue weighted by Crippen LogP contribution is 2.47. The summed E-state index contributed by atoms with van der Waals surface area (Å²) in [6, 6.07) is 2.37. The first-order chi connectivity index (χ1) is 14.0. The second-order valence-electron chi connectivity index (χ2n) is 9.38. The van der Waals surface area contributed by atoms with Crippen LogP contribution in [0, 0.1) is 5.92 Å². The summed E-state index contributed by atoms with van der Waals surface area (Å²) in [6.45, 7) is 4.53. The number of aliphatic hydroxyl groups excluding tert-OH is 2. The quantitative estimate of drug-likeness (QED) is 0.579. The Hall–Kier alpha value is -1.32. The summed E-state index contributed by atoms with van der Waals surface area (Å²) in [5.41, 5.74) is 8.04. The lowest BCUT2D eigenvalue weighted by Crippen LogP contribution is -2.39. The second kappa shape index (κ2) is 7.42. The Morgan fingerprint density at radius 1 is 1.24 bits per heavy atom. The van der Waals surface area contributed by atoms with E-state index in [2.05, 4.69) is 27.7 Å². The van der Waals surface area contributed by atoms with Gasteiger partial charge >= 0.3 is 0 Å². The van der Waals surface area contributed by atoms with E-state index in [9.17, 15) is 10.2 Å². The van der Waals surface area contributed by atoms with Crippen molar-refractivity contribution in [2.45, 2.75) is 94.4 Å². The van der Waals surface area contributed by atoms with Crippen LogP contribution in [0.5, 0.6) is 0 Å². The predicted octanol–water partition coefficient (Wildman–Crippen LogP) is 1.05. The minimum atomic E-state index is -0.756. The van der Waals surface area contributed by atoms with E-state index in [1.165, 1.54) is 12.8 Å². The first kappa shape index (κ1) is 19.6. The van der Waals surface area contributed by atoms with Crippen molar-refractivity contribution in [3.05, 3.63) is 18.1 Å². The van der Waals surface area contributed by atoms with Gasteiger partial charge in [-0.1, -0.05) is 6.92 Å². The van der Waals surface area contributed by atoms with Crippen LogP contribution in [-0.4, -0.2) is 62.7 Å². The highest BCUT2D eigenvalue weighted by Gasteiger charge is 2.48. The lowest BCUT2D eigenvalue weighted by molar-refractivity contribution is -0.0603. The number of nitrogens with one attached hydrogen (secondary N) is 2. The lowest BCUT2D eigenvalue weighted by atomic mass is 9.79. The average molecular weight is 404 g/mol. The summed E-state index contributed by atoms with van der Waals surface area (Å²) in [5, 5.41) is 20.1. The van der Waals surface area contributed by atoms with E-state index in [1.54, 1.807) is 6.33 Å². The molecule has 2 aliphatic heterocycles. The van der Waals surface area contributed by atoms with Crippen molar-refractivity contribution in [2.75, 3.05) is 11.4 Å². The van der Waals surface area contributed by atoms with Crippen LogP contribution >= 0.6 is 0 Å². The van der Waals surface area contributed by atoms with E-state index in [0.29, 0.717) is 24.6 Å². The van der Waals surface area contributed by atoms with Crippen molar-refractivity contribution in [2.24, 2.45) is 5.92 Å². The van der Waals surface area contributed by atoms with Gasteiger partial charge < -0.3 is 19.8 Å². The Morgan fingerprint density at radius 3 is 2.76 bits per heavy atom. The number of ether oxygens (including phenoxy) is 1. The molecule has 1 aromatic heterocycles. The number of aromatic nitrogens is 2. The molecule has 7 atom stereocenters. The van der Waals surface area contributed by atoms with Gasteiger partial charge in [0.15, 0.2) is 0 Å². The highest BCUT2D eigenvalue weighted by molar-refractivity contribution is 5.43. The zero-order chi connectivity index (χ0) is 20.2. The summed E-state index contributed by atoms with van der Waals surface area (Å²) in [7, 11) is 0. The fraction of sp³-hybridized carbons (Fsp3) is 0.810. The Balaban J connectivity index is 1.32. The number of hydrogen-bond acceptors (Lipinski definition) is 8. The molecular formula is C21H33N5O3. The number of β-amino-alcohol motifs (C(OH)–C–C–N with tert-alkyl or cyclic N) is 1. The molecule has 0 amide bonds. The topological polar surface area (TPSA) is 103 Å². The van der Waals surface area contributed by atoms with Gasteiger partial charge in [-0.05, 0) is 45.4 Å². The van der Waals surface area contributed by atoms with Crippen molar-refractivity contribution in [1.29, 1.82) is 0 Å². The van der Waals surface area contributed by atoms with Crippen LogP contribution in [-0.2, 0) is 4.74 Å². The monoisotopic (exact) mass is 403 g/mol. The van der Waals surface area contributed by atoms with E-state index in [-0.39, 0.29) is 17.7 Å². The van der Waals surface area contributed by atoms with Crippen molar-refractivity contribution in [3.8, 4) is 0 Å². The van der Waals surface area contributed by atoms with Gasteiger partial charge in [0, 0.05) is 24.6 Å². The normalized spacial score (nSPS) is 40.8. The molecular weight excluding hydrogens is 370 g/mol. The molecule has 0 aromatic carbocycles. The Morgan fingerprint density at radius 2 is 2.07 bits per heavy atom. The van der Waals surface area contributed by atoms with Crippen molar-refractivity contribution < 1.29 is 14.9 Å². The maximum atomic E-state index is 10.1. The fourth-order valence-electron chi connectivity index (χ4n) is 5.44. The summed E-state index contributed by atoms with van der Waals surface area (Å²) in [6.07, 6.45) is 7.19. The lowest BCUT2D eigenvalue weighted by Gasteiger charge is -2.35. The number of hydrazine groups is 1. The minimum Gasteiger partial charge on any atom is -0.388 e. The number of nitrogens with zero attached hydrogens (tertiary/aromatic N) is 3. The van der Waals surface area contributed by atoms with Gasteiger partial charge in [-0.15, -0.1) is 0 Å². The van der Waals surface area contributed by atoms with Crippen LogP contribution < -0.4 is 15.8 Å². The zero-order valence-corrected chi connectivity index (χ0v) is 17.3. The first-order valence-corrected chi connectivity index (χ1v) is 11.1. The minimum absolute atomic E-state index is 0.109. The zero-order valence-electron chi connectivity index (χ0n) is 17.3. The fourth-order valence-corrected chi connectivity index (χ4v) is 5.44. The molecule has 5 rings (SSSR count). The number of anilines is 1. The summed E-state index contributed by atoms with van der Waals surface area (Å²) in [5.74, 6) is 1.19. The predicted molar refractivity (Wildman–Crippen MR) is 108 cm³/mol.